The van der Waals surface area contributed by atoms with Gasteiger partial charge >= 0.3 is 6.18 Å². The number of fused-ring (bicyclic) bond motifs is 1. The number of aryl methyl sites for hydroxylation is 1. The van der Waals surface area contributed by atoms with Crippen molar-refractivity contribution in [2.45, 2.75) is 25.6 Å². The summed E-state index contributed by atoms with van der Waals surface area (Å²) in [5.41, 5.74) is 2.27. The zero-order chi connectivity index (χ0) is 20.3. The molecule has 0 saturated carbocycles. The first-order chi connectivity index (χ1) is 14.0. The zero-order valence-corrected chi connectivity index (χ0v) is 16.3. The number of piperazine rings is 1. The van der Waals surface area contributed by atoms with Gasteiger partial charge in [0.15, 0.2) is 0 Å². The number of halogens is 3. The molecule has 0 N–H and O–H groups in total. The summed E-state index contributed by atoms with van der Waals surface area (Å²) in [6, 6.07) is 13.8. The summed E-state index contributed by atoms with van der Waals surface area (Å²) in [6.07, 6.45) is -0.221. The Morgan fingerprint density at radius 3 is 2.41 bits per heavy atom. The fraction of sp³-hybridized carbons (Fsp3) is 0.409. The molecule has 1 saturated heterocycles. The number of anilines is 1. The van der Waals surface area contributed by atoms with Crippen LogP contribution in [0.2, 0.25) is 0 Å². The highest BCUT2D eigenvalue weighted by atomic mass is 19.4. The first-order valence-electron chi connectivity index (χ1n) is 10.1. The fourth-order valence-corrected chi connectivity index (χ4v) is 3.91. The van der Waals surface area contributed by atoms with E-state index in [1.54, 1.807) is 6.07 Å². The summed E-state index contributed by atoms with van der Waals surface area (Å²) in [6.45, 7) is 5.24. The van der Waals surface area contributed by atoms with Crippen LogP contribution in [0.1, 0.15) is 18.4 Å². The molecular weight excluding hydrogens is 377 g/mol. The number of imidazole rings is 1. The van der Waals surface area contributed by atoms with E-state index in [0.717, 1.165) is 63.7 Å². The lowest BCUT2D eigenvalue weighted by Gasteiger charge is -2.36. The first kappa shape index (κ1) is 19.8. The highest BCUT2D eigenvalue weighted by Crippen LogP contribution is 2.31. The molecule has 3 aromatic rings. The van der Waals surface area contributed by atoms with E-state index in [9.17, 15) is 13.2 Å². The lowest BCUT2D eigenvalue weighted by Crippen LogP contribution is -2.46. The van der Waals surface area contributed by atoms with Gasteiger partial charge in [-0.2, -0.15) is 13.2 Å². The molecular formula is C22H25F3N4. The minimum Gasteiger partial charge on any atom is -0.369 e. The summed E-state index contributed by atoms with van der Waals surface area (Å²) in [4.78, 5) is 8.87. The molecule has 4 rings (SSSR count). The van der Waals surface area contributed by atoms with Gasteiger partial charge in [0.05, 0.1) is 22.9 Å². The predicted octanol–water partition coefficient (Wildman–Crippen LogP) is 4.66. The fourth-order valence-electron chi connectivity index (χ4n) is 3.91. The summed E-state index contributed by atoms with van der Waals surface area (Å²) in [5.74, 6) is 0. The molecule has 0 atom stereocenters. The summed E-state index contributed by atoms with van der Waals surface area (Å²) in [7, 11) is 0. The van der Waals surface area contributed by atoms with Crippen LogP contribution < -0.4 is 4.90 Å². The Balaban J connectivity index is 1.22. The van der Waals surface area contributed by atoms with Crippen LogP contribution in [0.3, 0.4) is 0 Å². The number of benzene rings is 2. The molecule has 2 aromatic carbocycles. The lowest BCUT2D eigenvalue weighted by atomic mass is 10.1. The van der Waals surface area contributed by atoms with E-state index in [1.165, 1.54) is 17.6 Å². The van der Waals surface area contributed by atoms with Crippen molar-refractivity contribution in [3.63, 3.8) is 0 Å². The highest BCUT2D eigenvalue weighted by Gasteiger charge is 2.31. The monoisotopic (exact) mass is 402 g/mol. The van der Waals surface area contributed by atoms with Crippen molar-refractivity contribution >= 4 is 16.7 Å². The Hall–Kier alpha value is -2.54. The second-order valence-corrected chi connectivity index (χ2v) is 7.51. The number of rotatable bonds is 6. The molecule has 0 spiro atoms. The summed E-state index contributed by atoms with van der Waals surface area (Å²) >= 11 is 0. The third kappa shape index (κ3) is 4.72. The van der Waals surface area contributed by atoms with Gasteiger partial charge in [-0.1, -0.05) is 18.2 Å². The predicted molar refractivity (Wildman–Crippen MR) is 109 cm³/mol. The molecule has 0 radical (unpaired) electrons. The Morgan fingerprint density at radius 2 is 1.62 bits per heavy atom. The maximum Gasteiger partial charge on any atom is 0.416 e. The van der Waals surface area contributed by atoms with Gasteiger partial charge in [-0.3, -0.25) is 4.90 Å². The molecule has 2 heterocycles. The van der Waals surface area contributed by atoms with E-state index in [1.807, 2.05) is 29.4 Å². The minimum atomic E-state index is -4.29. The van der Waals surface area contributed by atoms with Crippen molar-refractivity contribution in [3.05, 3.63) is 60.4 Å². The number of unbranched alkanes of at least 4 members (excludes halogenated alkanes) is 1. The molecule has 7 heteroatoms. The maximum absolute atomic E-state index is 12.9. The summed E-state index contributed by atoms with van der Waals surface area (Å²) < 4.78 is 41.0. The Morgan fingerprint density at radius 1 is 0.862 bits per heavy atom. The standard InChI is InChI=1S/C22H25F3N4/c23-22(24,25)18-6-5-7-19(16-18)28-14-12-27(13-15-28)10-3-4-11-29-17-26-20-8-1-2-9-21(20)29/h1-2,5-9,16-17H,3-4,10-15H2. The quantitative estimate of drug-likeness (QED) is 0.561. The molecule has 0 aliphatic carbocycles. The summed E-state index contributed by atoms with van der Waals surface area (Å²) in [5, 5.41) is 0. The average molecular weight is 402 g/mol. The molecule has 1 aliphatic heterocycles. The second-order valence-electron chi connectivity index (χ2n) is 7.51. The number of para-hydroxylation sites is 2. The zero-order valence-electron chi connectivity index (χ0n) is 16.3. The molecule has 154 valence electrons. The number of aromatic nitrogens is 2. The largest absolute Gasteiger partial charge is 0.416 e. The van der Waals surface area contributed by atoms with Crippen molar-refractivity contribution in [2.24, 2.45) is 0 Å². The van der Waals surface area contributed by atoms with Crippen molar-refractivity contribution in [1.29, 1.82) is 0 Å². The van der Waals surface area contributed by atoms with E-state index in [4.69, 9.17) is 0 Å². The average Bonchev–Trinajstić information content (AvgIpc) is 3.14. The van der Waals surface area contributed by atoms with E-state index in [2.05, 4.69) is 20.5 Å². The van der Waals surface area contributed by atoms with Gasteiger partial charge in [-0.15, -0.1) is 0 Å². The SMILES string of the molecule is FC(F)(F)c1cccc(N2CCN(CCCCn3cnc4ccccc43)CC2)c1. The molecule has 0 amide bonds. The van der Waals surface area contributed by atoms with Crippen LogP contribution in [0.25, 0.3) is 11.0 Å². The lowest BCUT2D eigenvalue weighted by molar-refractivity contribution is -0.137. The van der Waals surface area contributed by atoms with Crippen LogP contribution in [-0.4, -0.2) is 47.2 Å². The van der Waals surface area contributed by atoms with Gasteiger partial charge in [0.25, 0.3) is 0 Å². The van der Waals surface area contributed by atoms with Crippen molar-refractivity contribution in [3.8, 4) is 0 Å². The Labute approximate surface area is 168 Å². The normalized spacial score (nSPS) is 15.9. The number of nitrogens with zero attached hydrogens (tertiary/aromatic N) is 4. The second kappa shape index (κ2) is 8.45. The molecule has 29 heavy (non-hydrogen) atoms. The van der Waals surface area contributed by atoms with Crippen LogP contribution in [0.15, 0.2) is 54.9 Å². The smallest absolute Gasteiger partial charge is 0.369 e. The van der Waals surface area contributed by atoms with Crippen LogP contribution in [-0.2, 0) is 12.7 Å². The Bertz CT molecular complexity index is 942. The molecule has 4 nitrogen and oxygen atoms in total. The number of hydrogen-bond acceptors (Lipinski definition) is 3. The maximum atomic E-state index is 12.9. The highest BCUT2D eigenvalue weighted by molar-refractivity contribution is 5.74. The van der Waals surface area contributed by atoms with Gasteiger partial charge in [-0.25, -0.2) is 4.98 Å². The van der Waals surface area contributed by atoms with E-state index in [0.29, 0.717) is 5.69 Å². The topological polar surface area (TPSA) is 24.3 Å². The first-order valence-corrected chi connectivity index (χ1v) is 10.1. The third-order valence-electron chi connectivity index (χ3n) is 5.56. The molecule has 1 aromatic heterocycles. The van der Waals surface area contributed by atoms with E-state index in [-0.39, 0.29) is 0 Å². The van der Waals surface area contributed by atoms with Crippen LogP contribution in [0, 0.1) is 0 Å². The van der Waals surface area contributed by atoms with E-state index < -0.39 is 11.7 Å². The molecule has 1 aliphatic rings. The number of hydrogen-bond donors (Lipinski definition) is 0. The van der Waals surface area contributed by atoms with Gasteiger partial charge in [-0.05, 0) is 49.7 Å². The van der Waals surface area contributed by atoms with Crippen LogP contribution in [0.4, 0.5) is 18.9 Å². The van der Waals surface area contributed by atoms with Gasteiger partial charge in [0.2, 0.25) is 0 Å². The molecule has 1 fully saturated rings. The van der Waals surface area contributed by atoms with Crippen molar-refractivity contribution in [2.75, 3.05) is 37.6 Å². The molecule has 0 bridgehead atoms. The van der Waals surface area contributed by atoms with Gasteiger partial charge < -0.3 is 9.47 Å². The van der Waals surface area contributed by atoms with Crippen LogP contribution in [0.5, 0.6) is 0 Å². The van der Waals surface area contributed by atoms with Gasteiger partial charge in [0, 0.05) is 38.4 Å². The van der Waals surface area contributed by atoms with Crippen molar-refractivity contribution < 1.29 is 13.2 Å². The van der Waals surface area contributed by atoms with Crippen molar-refractivity contribution in [1.82, 2.24) is 14.5 Å². The Kier molecular flexibility index (Phi) is 5.76. The third-order valence-corrected chi connectivity index (χ3v) is 5.56. The minimum absolute atomic E-state index is 0.579. The number of alkyl halides is 3. The van der Waals surface area contributed by atoms with E-state index >= 15 is 0 Å². The molecule has 0 unspecified atom stereocenters. The van der Waals surface area contributed by atoms with Crippen LogP contribution >= 0.6 is 0 Å². The van der Waals surface area contributed by atoms with Gasteiger partial charge in [0.1, 0.15) is 0 Å².